The number of benzene rings is 3. The number of carbonyl (C=O) groups excluding carboxylic acids is 1. The zero-order valence-electron chi connectivity index (χ0n) is 13.1. The second-order valence-corrected chi connectivity index (χ2v) is 6.21. The minimum atomic E-state index is -0.451. The van der Waals surface area contributed by atoms with Gasteiger partial charge in [-0.1, -0.05) is 53.5 Å². The van der Waals surface area contributed by atoms with Gasteiger partial charge in [-0.05, 0) is 47.5 Å². The quantitative estimate of drug-likeness (QED) is 0.595. The third-order valence-electron chi connectivity index (χ3n) is 3.73. The zero-order valence-corrected chi connectivity index (χ0v) is 14.6. The van der Waals surface area contributed by atoms with Crippen molar-refractivity contribution in [3.05, 3.63) is 87.9 Å². The Labute approximate surface area is 155 Å². The third-order valence-corrected chi connectivity index (χ3v) is 4.44. The van der Waals surface area contributed by atoms with Crippen molar-refractivity contribution in [2.24, 2.45) is 0 Å². The van der Waals surface area contributed by atoms with Crippen LogP contribution in [0.2, 0.25) is 10.0 Å². The van der Waals surface area contributed by atoms with Crippen LogP contribution in [0.1, 0.15) is 15.9 Å². The van der Waals surface area contributed by atoms with Crippen LogP contribution in [0.15, 0.2) is 66.7 Å². The molecule has 3 nitrogen and oxygen atoms in total. The molecule has 0 aliphatic rings. The second kappa shape index (κ2) is 7.60. The van der Waals surface area contributed by atoms with Gasteiger partial charge in [0, 0.05) is 15.6 Å². The van der Waals surface area contributed by atoms with E-state index in [1.54, 1.807) is 42.5 Å². The molecule has 0 amide bonds. The average Bonchev–Trinajstić information content (AvgIpc) is 2.62. The van der Waals surface area contributed by atoms with Crippen LogP contribution in [0.3, 0.4) is 0 Å². The standard InChI is InChI=1S/C20H14Cl2O3/c21-18-2-1-3-19(22)17(18)12-25-20(24)15-6-4-13(5-7-15)14-8-10-16(23)11-9-14/h1-11,23H,12H2. The smallest absolute Gasteiger partial charge is 0.338 e. The molecule has 0 saturated carbocycles. The van der Waals surface area contributed by atoms with Crippen molar-refractivity contribution in [3.63, 3.8) is 0 Å². The molecule has 0 aliphatic heterocycles. The Hall–Kier alpha value is -2.49. The van der Waals surface area contributed by atoms with Gasteiger partial charge in [0.1, 0.15) is 12.4 Å². The van der Waals surface area contributed by atoms with E-state index in [9.17, 15) is 9.90 Å². The highest BCUT2D eigenvalue weighted by atomic mass is 35.5. The van der Waals surface area contributed by atoms with E-state index in [1.165, 1.54) is 0 Å². The molecule has 3 aromatic rings. The Morgan fingerprint density at radius 3 is 1.92 bits per heavy atom. The van der Waals surface area contributed by atoms with Crippen molar-refractivity contribution in [1.82, 2.24) is 0 Å². The lowest BCUT2D eigenvalue weighted by atomic mass is 10.0. The van der Waals surface area contributed by atoms with E-state index in [2.05, 4.69) is 0 Å². The molecule has 1 N–H and O–H groups in total. The van der Waals surface area contributed by atoms with Gasteiger partial charge in [0.15, 0.2) is 0 Å². The topological polar surface area (TPSA) is 46.5 Å². The summed E-state index contributed by atoms with van der Waals surface area (Å²) in [4.78, 5) is 12.2. The first-order valence-electron chi connectivity index (χ1n) is 7.54. The number of rotatable bonds is 4. The maximum Gasteiger partial charge on any atom is 0.338 e. The molecule has 0 radical (unpaired) electrons. The van der Waals surface area contributed by atoms with Crippen LogP contribution in [0.25, 0.3) is 11.1 Å². The van der Waals surface area contributed by atoms with Crippen LogP contribution >= 0.6 is 23.2 Å². The van der Waals surface area contributed by atoms with Crippen LogP contribution in [-0.4, -0.2) is 11.1 Å². The average molecular weight is 373 g/mol. The van der Waals surface area contributed by atoms with Crippen LogP contribution < -0.4 is 0 Å². The number of halogens is 2. The lowest BCUT2D eigenvalue weighted by Crippen LogP contribution is -2.05. The molecule has 0 atom stereocenters. The summed E-state index contributed by atoms with van der Waals surface area (Å²) in [7, 11) is 0. The summed E-state index contributed by atoms with van der Waals surface area (Å²) in [5.74, 6) is -0.240. The van der Waals surface area contributed by atoms with Crippen LogP contribution in [-0.2, 0) is 11.3 Å². The van der Waals surface area contributed by atoms with Crippen LogP contribution in [0.4, 0.5) is 0 Å². The lowest BCUT2D eigenvalue weighted by Gasteiger charge is -2.09. The maximum absolute atomic E-state index is 12.2. The highest BCUT2D eigenvalue weighted by Gasteiger charge is 2.11. The Morgan fingerprint density at radius 1 is 0.840 bits per heavy atom. The van der Waals surface area contributed by atoms with Gasteiger partial charge in [0.2, 0.25) is 0 Å². The Bertz CT molecular complexity index is 868. The number of esters is 1. The van der Waals surface area contributed by atoms with Gasteiger partial charge in [-0.2, -0.15) is 0 Å². The van der Waals surface area contributed by atoms with Gasteiger partial charge in [0.25, 0.3) is 0 Å². The van der Waals surface area contributed by atoms with E-state index in [0.717, 1.165) is 11.1 Å². The first-order valence-corrected chi connectivity index (χ1v) is 8.29. The third kappa shape index (κ3) is 4.13. The molecule has 0 unspecified atom stereocenters. The number of carbonyl (C=O) groups is 1. The van der Waals surface area contributed by atoms with Crippen molar-refractivity contribution < 1.29 is 14.6 Å². The SMILES string of the molecule is O=C(OCc1c(Cl)cccc1Cl)c1ccc(-c2ccc(O)cc2)cc1. The monoisotopic (exact) mass is 372 g/mol. The van der Waals surface area contributed by atoms with E-state index in [1.807, 2.05) is 24.3 Å². The van der Waals surface area contributed by atoms with Crippen molar-refractivity contribution in [2.45, 2.75) is 6.61 Å². The molecule has 0 aromatic heterocycles. The lowest BCUT2D eigenvalue weighted by molar-refractivity contribution is 0.0473. The molecular weight excluding hydrogens is 359 g/mol. The Balaban J connectivity index is 1.69. The number of hydrogen-bond donors (Lipinski definition) is 1. The highest BCUT2D eigenvalue weighted by Crippen LogP contribution is 2.26. The van der Waals surface area contributed by atoms with Crippen LogP contribution in [0.5, 0.6) is 5.75 Å². The summed E-state index contributed by atoms with van der Waals surface area (Å²) >= 11 is 12.1. The van der Waals surface area contributed by atoms with Crippen molar-refractivity contribution >= 4 is 29.2 Å². The summed E-state index contributed by atoms with van der Waals surface area (Å²) in [6, 6.07) is 19.0. The van der Waals surface area contributed by atoms with E-state index >= 15 is 0 Å². The molecule has 0 fully saturated rings. The number of hydrogen-bond acceptors (Lipinski definition) is 3. The largest absolute Gasteiger partial charge is 0.508 e. The number of aromatic hydroxyl groups is 1. The number of ether oxygens (including phenoxy) is 1. The van der Waals surface area contributed by atoms with E-state index < -0.39 is 5.97 Å². The molecule has 25 heavy (non-hydrogen) atoms. The minimum Gasteiger partial charge on any atom is -0.508 e. The first kappa shape index (κ1) is 17.3. The zero-order chi connectivity index (χ0) is 17.8. The van der Waals surface area contributed by atoms with Gasteiger partial charge < -0.3 is 9.84 Å². The molecule has 0 aliphatic carbocycles. The molecule has 0 spiro atoms. The van der Waals surface area contributed by atoms with Crippen molar-refractivity contribution in [1.29, 1.82) is 0 Å². The van der Waals surface area contributed by atoms with Gasteiger partial charge >= 0.3 is 5.97 Å². The predicted octanol–water partition coefficient (Wildman–Crippen LogP) is 5.72. The Kier molecular flexibility index (Phi) is 5.27. The summed E-state index contributed by atoms with van der Waals surface area (Å²) in [6.45, 7) is 0.0110. The second-order valence-electron chi connectivity index (χ2n) is 5.40. The van der Waals surface area contributed by atoms with Crippen molar-refractivity contribution in [3.8, 4) is 16.9 Å². The summed E-state index contributed by atoms with van der Waals surface area (Å²) in [6.07, 6.45) is 0. The molecule has 0 saturated heterocycles. The predicted molar refractivity (Wildman–Crippen MR) is 99.1 cm³/mol. The summed E-state index contributed by atoms with van der Waals surface area (Å²) in [5.41, 5.74) is 2.90. The molecule has 3 aromatic carbocycles. The number of phenolic OH excluding ortho intramolecular Hbond substituents is 1. The van der Waals surface area contributed by atoms with Gasteiger partial charge in [-0.3, -0.25) is 0 Å². The number of phenols is 1. The fourth-order valence-corrected chi connectivity index (χ4v) is 2.85. The minimum absolute atomic E-state index is 0.0110. The van der Waals surface area contributed by atoms with Gasteiger partial charge in [-0.15, -0.1) is 0 Å². The van der Waals surface area contributed by atoms with Gasteiger partial charge in [-0.25, -0.2) is 4.79 Å². The van der Waals surface area contributed by atoms with E-state index in [4.69, 9.17) is 27.9 Å². The van der Waals surface area contributed by atoms with E-state index in [-0.39, 0.29) is 12.4 Å². The van der Waals surface area contributed by atoms with Crippen molar-refractivity contribution in [2.75, 3.05) is 0 Å². The molecular formula is C20H14Cl2O3. The highest BCUT2D eigenvalue weighted by molar-refractivity contribution is 6.35. The fourth-order valence-electron chi connectivity index (χ4n) is 2.34. The fraction of sp³-hybridized carbons (Fsp3) is 0.0500. The summed E-state index contributed by atoms with van der Waals surface area (Å²) in [5, 5.41) is 10.3. The summed E-state index contributed by atoms with van der Waals surface area (Å²) < 4.78 is 5.30. The van der Waals surface area contributed by atoms with Gasteiger partial charge in [0.05, 0.1) is 5.56 Å². The van der Waals surface area contributed by atoms with Crippen LogP contribution in [0, 0.1) is 0 Å². The Morgan fingerprint density at radius 2 is 1.36 bits per heavy atom. The van der Waals surface area contributed by atoms with E-state index in [0.29, 0.717) is 21.2 Å². The first-order chi connectivity index (χ1) is 12.0. The normalized spacial score (nSPS) is 10.5. The molecule has 0 bridgehead atoms. The maximum atomic E-state index is 12.2. The molecule has 3 rings (SSSR count). The molecule has 0 heterocycles. The molecule has 5 heteroatoms. The molecule has 126 valence electrons.